The van der Waals surface area contributed by atoms with Crippen LogP contribution in [0.2, 0.25) is 10.0 Å². The molecule has 3 rings (SSSR count). The van der Waals surface area contributed by atoms with Crippen LogP contribution in [-0.4, -0.2) is 10.1 Å². The van der Waals surface area contributed by atoms with E-state index in [-0.39, 0.29) is 17.1 Å². The summed E-state index contributed by atoms with van der Waals surface area (Å²) in [7, 11) is 0. The van der Waals surface area contributed by atoms with Crippen molar-refractivity contribution in [1.82, 2.24) is 5.16 Å². The third-order valence-electron chi connectivity index (χ3n) is 3.71. The van der Waals surface area contributed by atoms with Gasteiger partial charge in [-0.25, -0.2) is 0 Å². The van der Waals surface area contributed by atoms with E-state index in [2.05, 4.69) is 5.16 Å². The van der Waals surface area contributed by atoms with Crippen molar-refractivity contribution in [3.8, 4) is 5.75 Å². The first-order valence-electron chi connectivity index (χ1n) is 7.89. The lowest BCUT2D eigenvalue weighted by molar-refractivity contribution is -0.386. The molecule has 0 fully saturated rings. The Bertz CT molecular complexity index is 1010. The highest BCUT2D eigenvalue weighted by Crippen LogP contribution is 2.29. The van der Waals surface area contributed by atoms with E-state index < -0.39 is 4.92 Å². The lowest BCUT2D eigenvalue weighted by Crippen LogP contribution is -1.97. The molecule has 0 radical (unpaired) electrons. The zero-order valence-electron chi connectivity index (χ0n) is 14.2. The number of ether oxygens (including phenoxy) is 1. The normalized spacial score (nSPS) is 11.1. The first kappa shape index (κ1) is 18.9. The Kier molecular flexibility index (Phi) is 5.78. The third-order valence-corrected chi connectivity index (χ3v) is 4.18. The molecule has 0 bridgehead atoms. The highest BCUT2D eigenvalue weighted by Gasteiger charge is 2.22. The smallest absolute Gasteiger partial charge is 0.338 e. The zero-order chi connectivity index (χ0) is 19.4. The average molecular weight is 405 g/mol. The minimum Gasteiger partial charge on any atom is -0.488 e. The number of halogens is 2. The molecule has 0 saturated heterocycles. The average Bonchev–Trinajstić information content (AvgIpc) is 3.00. The van der Waals surface area contributed by atoms with Crippen molar-refractivity contribution in [1.29, 1.82) is 0 Å². The first-order valence-corrected chi connectivity index (χ1v) is 8.65. The van der Waals surface area contributed by atoms with E-state index in [4.69, 9.17) is 32.5 Å². The number of hydrogen-bond acceptors (Lipinski definition) is 5. The van der Waals surface area contributed by atoms with Gasteiger partial charge in [-0.15, -0.1) is 0 Å². The minimum atomic E-state index is -0.528. The van der Waals surface area contributed by atoms with Crippen LogP contribution >= 0.6 is 23.2 Å². The van der Waals surface area contributed by atoms with Gasteiger partial charge in [-0.05, 0) is 55.0 Å². The van der Waals surface area contributed by atoms with Gasteiger partial charge in [0.05, 0.1) is 4.92 Å². The predicted octanol–water partition coefficient (Wildman–Crippen LogP) is 5.95. The summed E-state index contributed by atoms with van der Waals surface area (Å²) in [6, 6.07) is 12.5. The Morgan fingerprint density at radius 2 is 1.96 bits per heavy atom. The van der Waals surface area contributed by atoms with Gasteiger partial charge >= 0.3 is 5.69 Å². The maximum absolute atomic E-state index is 11.1. The number of rotatable bonds is 6. The fraction of sp³-hybridized carbons (Fsp3) is 0.105. The molecule has 3 aromatic rings. The second-order valence-electron chi connectivity index (χ2n) is 5.67. The Hall–Kier alpha value is -2.83. The second kappa shape index (κ2) is 8.24. The molecule has 138 valence electrons. The number of aromatic nitrogens is 1. The molecular weight excluding hydrogens is 391 g/mol. The Labute approximate surface area is 165 Å². The van der Waals surface area contributed by atoms with Crippen LogP contribution in [0, 0.1) is 17.0 Å². The molecule has 0 atom stereocenters. The lowest BCUT2D eigenvalue weighted by atomic mass is 10.1. The monoisotopic (exact) mass is 404 g/mol. The molecule has 1 aromatic heterocycles. The van der Waals surface area contributed by atoms with Gasteiger partial charge in [0, 0.05) is 15.6 Å². The quantitative estimate of drug-likeness (QED) is 0.374. The number of benzene rings is 2. The zero-order valence-corrected chi connectivity index (χ0v) is 15.7. The van der Waals surface area contributed by atoms with Gasteiger partial charge in [-0.2, -0.15) is 0 Å². The van der Waals surface area contributed by atoms with Crippen molar-refractivity contribution in [2.24, 2.45) is 0 Å². The summed E-state index contributed by atoms with van der Waals surface area (Å²) in [6.45, 7) is 1.82. The van der Waals surface area contributed by atoms with Crippen LogP contribution in [0.25, 0.3) is 12.2 Å². The molecule has 27 heavy (non-hydrogen) atoms. The molecule has 0 saturated carbocycles. The van der Waals surface area contributed by atoms with Crippen molar-refractivity contribution in [2.75, 3.05) is 0 Å². The fourth-order valence-corrected chi connectivity index (χ4v) is 2.84. The second-order valence-corrected chi connectivity index (χ2v) is 6.54. The van der Waals surface area contributed by atoms with E-state index in [1.807, 2.05) is 18.2 Å². The SMILES string of the molecule is Cc1noc(/C=C/c2cc(Cl)ccc2OCc2cccc(Cl)c2)c1[N+](=O)[O-]. The van der Waals surface area contributed by atoms with Gasteiger partial charge in [0.2, 0.25) is 5.76 Å². The largest absolute Gasteiger partial charge is 0.488 e. The predicted molar refractivity (Wildman–Crippen MR) is 104 cm³/mol. The van der Waals surface area contributed by atoms with Gasteiger partial charge in [-0.1, -0.05) is 40.5 Å². The van der Waals surface area contributed by atoms with E-state index in [0.29, 0.717) is 28.0 Å². The Morgan fingerprint density at radius 1 is 1.19 bits per heavy atom. The maximum atomic E-state index is 11.1. The van der Waals surface area contributed by atoms with Gasteiger partial charge in [0.25, 0.3) is 0 Å². The van der Waals surface area contributed by atoms with Crippen LogP contribution in [0.15, 0.2) is 47.0 Å². The standard InChI is InChI=1S/C19H14Cl2N2O4/c1-12-19(23(24)25)18(27-22-12)7-5-14-10-16(21)6-8-17(14)26-11-13-3-2-4-15(20)9-13/h2-10H,11H2,1H3/b7-5+. The lowest BCUT2D eigenvalue weighted by Gasteiger charge is -2.10. The highest BCUT2D eigenvalue weighted by atomic mass is 35.5. The van der Waals surface area contributed by atoms with Crippen LogP contribution in [0.3, 0.4) is 0 Å². The summed E-state index contributed by atoms with van der Waals surface area (Å²) in [5.74, 6) is 0.618. The van der Waals surface area contributed by atoms with Crippen LogP contribution in [0.4, 0.5) is 5.69 Å². The van der Waals surface area contributed by atoms with Crippen molar-refractivity contribution in [2.45, 2.75) is 13.5 Å². The van der Waals surface area contributed by atoms with E-state index in [9.17, 15) is 10.1 Å². The highest BCUT2D eigenvalue weighted by molar-refractivity contribution is 6.31. The summed E-state index contributed by atoms with van der Waals surface area (Å²) >= 11 is 12.1. The van der Waals surface area contributed by atoms with Crippen molar-refractivity contribution < 1.29 is 14.2 Å². The first-order chi connectivity index (χ1) is 12.9. The van der Waals surface area contributed by atoms with Crippen LogP contribution in [-0.2, 0) is 6.61 Å². The molecule has 0 N–H and O–H groups in total. The molecule has 8 heteroatoms. The van der Waals surface area contributed by atoms with Gasteiger partial charge in [0.15, 0.2) is 5.69 Å². The summed E-state index contributed by atoms with van der Waals surface area (Å²) in [5.41, 5.74) is 1.60. The van der Waals surface area contributed by atoms with Crippen LogP contribution in [0.5, 0.6) is 5.75 Å². The number of aryl methyl sites for hydroxylation is 1. The van der Waals surface area contributed by atoms with E-state index in [1.54, 1.807) is 30.3 Å². The molecule has 0 aliphatic rings. The van der Waals surface area contributed by atoms with E-state index in [0.717, 1.165) is 5.56 Å². The minimum absolute atomic E-state index is 0.0540. The number of nitrogens with zero attached hydrogens (tertiary/aromatic N) is 2. The molecule has 0 aliphatic heterocycles. The topological polar surface area (TPSA) is 78.4 Å². The number of nitro groups is 1. The fourth-order valence-electron chi connectivity index (χ4n) is 2.45. The Balaban J connectivity index is 1.85. The Morgan fingerprint density at radius 3 is 2.70 bits per heavy atom. The summed E-state index contributed by atoms with van der Waals surface area (Å²) in [5, 5.41) is 15.9. The summed E-state index contributed by atoms with van der Waals surface area (Å²) in [4.78, 5) is 10.6. The number of hydrogen-bond donors (Lipinski definition) is 0. The molecule has 0 amide bonds. The van der Waals surface area contributed by atoms with Crippen LogP contribution < -0.4 is 4.74 Å². The van der Waals surface area contributed by atoms with Gasteiger partial charge < -0.3 is 9.26 Å². The van der Waals surface area contributed by atoms with E-state index >= 15 is 0 Å². The van der Waals surface area contributed by atoms with Gasteiger partial charge in [-0.3, -0.25) is 10.1 Å². The molecule has 1 heterocycles. The van der Waals surface area contributed by atoms with Crippen LogP contribution in [0.1, 0.15) is 22.6 Å². The summed E-state index contributed by atoms with van der Waals surface area (Å²) in [6.07, 6.45) is 3.10. The van der Waals surface area contributed by atoms with Gasteiger partial charge in [0.1, 0.15) is 12.4 Å². The van der Waals surface area contributed by atoms with Crippen molar-refractivity contribution in [3.63, 3.8) is 0 Å². The summed E-state index contributed by atoms with van der Waals surface area (Å²) < 4.78 is 10.9. The molecular formula is C19H14Cl2N2O4. The third kappa shape index (κ3) is 4.67. The maximum Gasteiger partial charge on any atom is 0.338 e. The van der Waals surface area contributed by atoms with Crippen molar-refractivity contribution >= 4 is 41.0 Å². The van der Waals surface area contributed by atoms with Crippen molar-refractivity contribution in [3.05, 3.63) is 85.2 Å². The molecule has 0 aliphatic carbocycles. The molecule has 0 spiro atoms. The van der Waals surface area contributed by atoms with E-state index in [1.165, 1.54) is 13.0 Å². The molecule has 2 aromatic carbocycles. The molecule has 6 nitrogen and oxygen atoms in total. The molecule has 0 unspecified atom stereocenters.